The summed E-state index contributed by atoms with van der Waals surface area (Å²) in [4.78, 5) is 0. The van der Waals surface area contributed by atoms with Crippen molar-refractivity contribution in [3.8, 4) is 11.5 Å². The van der Waals surface area contributed by atoms with Gasteiger partial charge in [-0.2, -0.15) is 0 Å². The zero-order valence-corrected chi connectivity index (χ0v) is 5.89. The molecule has 1 rings (SSSR count). The van der Waals surface area contributed by atoms with E-state index in [2.05, 4.69) is 0 Å². The Morgan fingerprint density at radius 3 is 1.44 bits per heavy atom. The van der Waals surface area contributed by atoms with Gasteiger partial charge < -0.3 is 10.2 Å². The predicted molar refractivity (Wildman–Crippen MR) is 29.8 cm³/mol. The molecule has 0 fully saturated rings. The summed E-state index contributed by atoms with van der Waals surface area (Å²) in [7, 11) is 0. The van der Waals surface area contributed by atoms with Gasteiger partial charge in [0.25, 0.3) is 0 Å². The Bertz CT molecular complexity index is 167. The Hall–Kier alpha value is -0.648. The normalized spacial score (nSPS) is 8.00. The molecule has 2 N–H and O–H groups in total. The standard InChI is InChI=1S/C6H6O2.Cr/c7-5-3-1-2-4-6(5)8;/h1-4,7-8H;. The minimum Gasteiger partial charge on any atom is -0.504 e. The molecular weight excluding hydrogens is 156 g/mol. The maximum absolute atomic E-state index is 8.67. The zero-order valence-electron chi connectivity index (χ0n) is 4.61. The first-order valence-corrected chi connectivity index (χ1v) is 2.27. The van der Waals surface area contributed by atoms with Gasteiger partial charge in [0.1, 0.15) is 0 Å². The van der Waals surface area contributed by atoms with Crippen LogP contribution in [0.15, 0.2) is 24.3 Å². The Morgan fingerprint density at radius 1 is 0.889 bits per heavy atom. The van der Waals surface area contributed by atoms with Gasteiger partial charge >= 0.3 is 0 Å². The van der Waals surface area contributed by atoms with Gasteiger partial charge in [-0.3, -0.25) is 0 Å². The fourth-order valence-electron chi connectivity index (χ4n) is 0.464. The van der Waals surface area contributed by atoms with Gasteiger partial charge in [0, 0.05) is 17.4 Å². The van der Waals surface area contributed by atoms with Crippen LogP contribution in [0.1, 0.15) is 0 Å². The first-order valence-electron chi connectivity index (χ1n) is 2.27. The maximum Gasteiger partial charge on any atom is 0.157 e. The Kier molecular flexibility index (Phi) is 3.15. The van der Waals surface area contributed by atoms with Crippen molar-refractivity contribution in [2.45, 2.75) is 0 Å². The number of hydrogen-bond donors (Lipinski definition) is 2. The van der Waals surface area contributed by atoms with Gasteiger partial charge in [-0.15, -0.1) is 0 Å². The summed E-state index contributed by atoms with van der Waals surface area (Å²) in [5.41, 5.74) is 0. The number of para-hydroxylation sites is 2. The van der Waals surface area contributed by atoms with E-state index in [9.17, 15) is 0 Å². The van der Waals surface area contributed by atoms with E-state index in [-0.39, 0.29) is 28.9 Å². The molecule has 1 aromatic carbocycles. The molecule has 0 aliphatic carbocycles. The number of benzene rings is 1. The van der Waals surface area contributed by atoms with Gasteiger partial charge in [-0.05, 0) is 12.1 Å². The van der Waals surface area contributed by atoms with E-state index in [4.69, 9.17) is 10.2 Å². The summed E-state index contributed by atoms with van der Waals surface area (Å²) in [6.07, 6.45) is 0. The summed E-state index contributed by atoms with van der Waals surface area (Å²) < 4.78 is 0. The van der Waals surface area contributed by atoms with Crippen molar-refractivity contribution >= 4 is 0 Å². The van der Waals surface area contributed by atoms with Crippen LogP contribution >= 0.6 is 0 Å². The third-order valence-electron chi connectivity index (χ3n) is 0.882. The predicted octanol–water partition coefficient (Wildman–Crippen LogP) is 1.10. The average Bonchev–Trinajstić information content (AvgIpc) is 1.77. The molecule has 0 heterocycles. The Morgan fingerprint density at radius 2 is 1.22 bits per heavy atom. The first-order chi connectivity index (χ1) is 3.80. The van der Waals surface area contributed by atoms with Gasteiger partial charge in [0.2, 0.25) is 0 Å². The van der Waals surface area contributed by atoms with E-state index in [1.807, 2.05) is 0 Å². The van der Waals surface area contributed by atoms with Crippen LogP contribution in [0.2, 0.25) is 0 Å². The molecule has 0 saturated carbocycles. The molecule has 0 amide bonds. The molecule has 0 atom stereocenters. The van der Waals surface area contributed by atoms with Crippen molar-refractivity contribution in [3.63, 3.8) is 0 Å². The van der Waals surface area contributed by atoms with E-state index in [1.54, 1.807) is 12.1 Å². The molecule has 0 bridgehead atoms. The Balaban J connectivity index is 0.000000640. The molecule has 0 radical (unpaired) electrons. The van der Waals surface area contributed by atoms with Gasteiger partial charge in [-0.25, -0.2) is 0 Å². The summed E-state index contributed by atoms with van der Waals surface area (Å²) in [6, 6.07) is 6.15. The van der Waals surface area contributed by atoms with Gasteiger partial charge in [-0.1, -0.05) is 12.1 Å². The smallest absolute Gasteiger partial charge is 0.157 e. The fraction of sp³-hybridized carbons (Fsp3) is 0. The third kappa shape index (κ3) is 1.97. The number of phenolic OH excluding ortho intramolecular Hbond substituents is 2. The molecule has 0 aromatic heterocycles. The van der Waals surface area contributed by atoms with Crippen LogP contribution in [0.3, 0.4) is 0 Å². The summed E-state index contributed by atoms with van der Waals surface area (Å²) in [6.45, 7) is 0. The molecule has 0 unspecified atom stereocenters. The molecule has 0 saturated heterocycles. The van der Waals surface area contributed by atoms with E-state index >= 15 is 0 Å². The second-order valence-corrected chi connectivity index (χ2v) is 1.49. The van der Waals surface area contributed by atoms with Crippen LogP contribution < -0.4 is 0 Å². The maximum atomic E-state index is 8.67. The monoisotopic (exact) mass is 162 g/mol. The fourth-order valence-corrected chi connectivity index (χ4v) is 0.464. The van der Waals surface area contributed by atoms with Gasteiger partial charge in [0.05, 0.1) is 0 Å². The number of hydrogen-bond acceptors (Lipinski definition) is 2. The van der Waals surface area contributed by atoms with Crippen molar-refractivity contribution in [3.05, 3.63) is 24.3 Å². The van der Waals surface area contributed by atoms with Gasteiger partial charge in [0.15, 0.2) is 11.5 Å². The largest absolute Gasteiger partial charge is 0.504 e. The number of aromatic hydroxyl groups is 2. The first kappa shape index (κ1) is 8.35. The van der Waals surface area contributed by atoms with Crippen LogP contribution in [0.25, 0.3) is 0 Å². The summed E-state index contributed by atoms with van der Waals surface area (Å²) >= 11 is 0. The molecule has 3 heteroatoms. The second-order valence-electron chi connectivity index (χ2n) is 1.49. The van der Waals surface area contributed by atoms with Crippen molar-refractivity contribution in [2.75, 3.05) is 0 Å². The van der Waals surface area contributed by atoms with Crippen molar-refractivity contribution in [2.24, 2.45) is 0 Å². The van der Waals surface area contributed by atoms with Crippen LogP contribution in [-0.4, -0.2) is 10.2 Å². The van der Waals surface area contributed by atoms with Crippen LogP contribution in [0, 0.1) is 0 Å². The second kappa shape index (κ2) is 3.39. The van der Waals surface area contributed by atoms with E-state index in [0.717, 1.165) is 0 Å². The zero-order chi connectivity index (χ0) is 5.98. The van der Waals surface area contributed by atoms with Crippen LogP contribution in [0.4, 0.5) is 0 Å². The molecule has 9 heavy (non-hydrogen) atoms. The number of phenols is 2. The molecular formula is C6H6CrO2. The average molecular weight is 162 g/mol. The third-order valence-corrected chi connectivity index (χ3v) is 0.882. The molecule has 2 nitrogen and oxygen atoms in total. The minimum atomic E-state index is -0.0764. The molecule has 48 valence electrons. The number of rotatable bonds is 0. The van der Waals surface area contributed by atoms with Crippen molar-refractivity contribution < 1.29 is 27.6 Å². The van der Waals surface area contributed by atoms with Crippen LogP contribution in [0.5, 0.6) is 11.5 Å². The van der Waals surface area contributed by atoms with E-state index in [0.29, 0.717) is 0 Å². The summed E-state index contributed by atoms with van der Waals surface area (Å²) in [5.74, 6) is -0.153. The molecule has 1 aromatic rings. The van der Waals surface area contributed by atoms with Crippen molar-refractivity contribution in [1.82, 2.24) is 0 Å². The quantitative estimate of drug-likeness (QED) is 0.560. The van der Waals surface area contributed by atoms with E-state index < -0.39 is 0 Å². The summed E-state index contributed by atoms with van der Waals surface area (Å²) in [5, 5.41) is 17.3. The van der Waals surface area contributed by atoms with Crippen molar-refractivity contribution in [1.29, 1.82) is 0 Å². The minimum absolute atomic E-state index is 0. The van der Waals surface area contributed by atoms with E-state index in [1.165, 1.54) is 12.1 Å². The topological polar surface area (TPSA) is 40.5 Å². The Labute approximate surface area is 63.9 Å². The molecule has 0 spiro atoms. The van der Waals surface area contributed by atoms with Crippen LogP contribution in [-0.2, 0) is 17.4 Å². The SMILES string of the molecule is Oc1ccccc1O.[Cr]. The molecule has 0 aliphatic heterocycles. The molecule has 0 aliphatic rings.